The number of para-hydroxylation sites is 3. The van der Waals surface area contributed by atoms with E-state index in [4.69, 9.17) is 0 Å². The molecule has 9 rings (SSSR count). The summed E-state index contributed by atoms with van der Waals surface area (Å²) >= 11 is 0. The van der Waals surface area contributed by atoms with E-state index in [2.05, 4.69) is 194 Å². The molecule has 7 aromatic carbocycles. The van der Waals surface area contributed by atoms with Gasteiger partial charge in [-0.25, -0.2) is 0 Å². The van der Waals surface area contributed by atoms with E-state index in [-0.39, 0.29) is 5.41 Å². The Kier molecular flexibility index (Phi) is 6.42. The highest BCUT2D eigenvalue weighted by atomic mass is 15.0. The molecule has 2 aromatic heterocycles. The second-order valence-electron chi connectivity index (χ2n) is 13.8. The zero-order valence-corrected chi connectivity index (χ0v) is 27.5. The smallest absolute Gasteiger partial charge is 0.0599 e. The molecular weight excluding hydrogens is 581 g/mol. The minimum atomic E-state index is -0.174. The van der Waals surface area contributed by atoms with Crippen molar-refractivity contribution in [2.45, 2.75) is 26.2 Å². The molecule has 0 N–H and O–H groups in total. The van der Waals surface area contributed by atoms with E-state index in [9.17, 15) is 0 Å². The van der Waals surface area contributed by atoms with Gasteiger partial charge in [0.15, 0.2) is 0 Å². The number of fused-ring (bicyclic) bond motifs is 6. The molecule has 48 heavy (non-hydrogen) atoms. The van der Waals surface area contributed by atoms with Crippen molar-refractivity contribution in [1.29, 1.82) is 0 Å². The van der Waals surface area contributed by atoms with Crippen LogP contribution >= 0.6 is 0 Å². The van der Waals surface area contributed by atoms with Crippen LogP contribution in [0.15, 0.2) is 164 Å². The molecule has 0 atom stereocenters. The maximum Gasteiger partial charge on any atom is 0.0599 e. The zero-order chi connectivity index (χ0) is 32.4. The van der Waals surface area contributed by atoms with E-state index in [1.165, 1.54) is 77.1 Å². The first-order chi connectivity index (χ1) is 23.5. The Morgan fingerprint density at radius 3 is 1.31 bits per heavy atom. The molecular formula is C46H36N2. The Morgan fingerprint density at radius 2 is 0.812 bits per heavy atom. The summed E-state index contributed by atoms with van der Waals surface area (Å²) in [6.07, 6.45) is 0. The summed E-state index contributed by atoms with van der Waals surface area (Å²) in [4.78, 5) is 0. The van der Waals surface area contributed by atoms with Crippen LogP contribution in [0, 0.1) is 0 Å². The summed E-state index contributed by atoms with van der Waals surface area (Å²) in [6.45, 7) is 7.07. The van der Waals surface area contributed by atoms with Gasteiger partial charge in [-0.2, -0.15) is 0 Å². The van der Waals surface area contributed by atoms with Gasteiger partial charge in [0.25, 0.3) is 0 Å². The van der Waals surface area contributed by atoms with Gasteiger partial charge in [0.05, 0.1) is 27.8 Å². The summed E-state index contributed by atoms with van der Waals surface area (Å²) in [5, 5.41) is 5.08. The lowest BCUT2D eigenvalue weighted by molar-refractivity contribution is 0.591. The van der Waals surface area contributed by atoms with Gasteiger partial charge in [-0.15, -0.1) is 0 Å². The van der Waals surface area contributed by atoms with E-state index >= 15 is 0 Å². The standard InChI is InChI=1S/C46H36N2/c1-46(2,3)44-43(48-41-24-14-10-20-36(41)37-21-11-15-25-42(37)48)27-26-39-38-22-12-13-23-40(38)47(45(39)44)35-29-33(31-16-6-4-7-17-31)28-34(30-35)32-18-8-5-9-19-32/h4-30H,1-3H3. The highest BCUT2D eigenvalue weighted by Gasteiger charge is 2.28. The SMILES string of the molecule is CC(C)(C)c1c(-n2c3ccccc3c3ccccc32)ccc2c3ccccc3n(-c3cc(-c4ccccc4)cc(-c4ccccc4)c3)c12. The minimum absolute atomic E-state index is 0.174. The van der Waals surface area contributed by atoms with Crippen molar-refractivity contribution >= 4 is 43.6 Å². The number of hydrogen-bond acceptors (Lipinski definition) is 0. The predicted molar refractivity (Wildman–Crippen MR) is 205 cm³/mol. The lowest BCUT2D eigenvalue weighted by atomic mass is 9.83. The van der Waals surface area contributed by atoms with Crippen LogP contribution in [0.1, 0.15) is 26.3 Å². The molecule has 9 aromatic rings. The summed E-state index contributed by atoms with van der Waals surface area (Å²) in [5.41, 5.74) is 13.3. The summed E-state index contributed by atoms with van der Waals surface area (Å²) in [7, 11) is 0. The molecule has 0 unspecified atom stereocenters. The molecule has 0 aliphatic carbocycles. The average Bonchev–Trinajstić information content (AvgIpc) is 3.64. The highest BCUT2D eigenvalue weighted by molar-refractivity contribution is 6.13. The van der Waals surface area contributed by atoms with Gasteiger partial charge in [-0.05, 0) is 70.1 Å². The van der Waals surface area contributed by atoms with Gasteiger partial charge in [0.2, 0.25) is 0 Å². The summed E-state index contributed by atoms with van der Waals surface area (Å²) in [5.74, 6) is 0. The van der Waals surface area contributed by atoms with E-state index in [1.807, 2.05) is 0 Å². The van der Waals surface area contributed by atoms with E-state index < -0.39 is 0 Å². The third kappa shape index (κ3) is 4.41. The van der Waals surface area contributed by atoms with Crippen molar-refractivity contribution in [3.63, 3.8) is 0 Å². The molecule has 0 saturated carbocycles. The molecule has 0 radical (unpaired) electrons. The zero-order valence-electron chi connectivity index (χ0n) is 27.5. The molecule has 2 heteroatoms. The first-order valence-electron chi connectivity index (χ1n) is 16.8. The molecule has 0 fully saturated rings. The van der Waals surface area contributed by atoms with Crippen LogP contribution in [0.4, 0.5) is 0 Å². The van der Waals surface area contributed by atoms with E-state index in [0.717, 1.165) is 5.69 Å². The average molecular weight is 617 g/mol. The Balaban J connectivity index is 1.45. The monoisotopic (exact) mass is 616 g/mol. The van der Waals surface area contributed by atoms with Crippen molar-refractivity contribution in [3.8, 4) is 33.6 Å². The van der Waals surface area contributed by atoms with E-state index in [1.54, 1.807) is 0 Å². The first kappa shape index (κ1) is 28.4. The lowest BCUT2D eigenvalue weighted by Gasteiger charge is -2.27. The maximum atomic E-state index is 2.53. The molecule has 0 aliphatic heterocycles. The quantitative estimate of drug-likeness (QED) is 0.186. The van der Waals surface area contributed by atoms with Crippen molar-refractivity contribution < 1.29 is 0 Å². The van der Waals surface area contributed by atoms with Crippen LogP contribution in [-0.4, -0.2) is 9.13 Å². The number of nitrogens with zero attached hydrogens (tertiary/aromatic N) is 2. The second-order valence-corrected chi connectivity index (χ2v) is 13.8. The van der Waals surface area contributed by atoms with Gasteiger partial charge in [-0.1, -0.05) is 142 Å². The third-order valence-electron chi connectivity index (χ3n) is 9.78. The molecule has 0 spiro atoms. The lowest BCUT2D eigenvalue weighted by Crippen LogP contribution is -2.17. The largest absolute Gasteiger partial charge is 0.309 e. The summed E-state index contributed by atoms with van der Waals surface area (Å²) in [6, 6.07) is 59.8. The Labute approximate surface area is 281 Å². The number of aromatic nitrogens is 2. The van der Waals surface area contributed by atoms with Gasteiger partial charge >= 0.3 is 0 Å². The third-order valence-corrected chi connectivity index (χ3v) is 9.78. The Hall–Kier alpha value is -5.86. The van der Waals surface area contributed by atoms with Crippen molar-refractivity contribution in [3.05, 3.63) is 169 Å². The second kappa shape index (κ2) is 10.9. The minimum Gasteiger partial charge on any atom is -0.309 e. The van der Waals surface area contributed by atoms with Crippen molar-refractivity contribution in [1.82, 2.24) is 9.13 Å². The first-order valence-corrected chi connectivity index (χ1v) is 16.8. The molecule has 0 bridgehead atoms. The van der Waals surface area contributed by atoms with Gasteiger partial charge < -0.3 is 9.13 Å². The van der Waals surface area contributed by atoms with Crippen LogP contribution in [0.2, 0.25) is 0 Å². The number of rotatable bonds is 4. The molecule has 230 valence electrons. The highest BCUT2D eigenvalue weighted by Crippen LogP contribution is 2.44. The molecule has 0 aliphatic rings. The van der Waals surface area contributed by atoms with Crippen LogP contribution in [0.3, 0.4) is 0 Å². The Morgan fingerprint density at radius 1 is 0.375 bits per heavy atom. The van der Waals surface area contributed by atoms with Crippen molar-refractivity contribution in [2.75, 3.05) is 0 Å². The fourth-order valence-corrected chi connectivity index (χ4v) is 7.76. The molecule has 0 saturated heterocycles. The maximum absolute atomic E-state index is 2.53. The normalized spacial score (nSPS) is 12.1. The van der Waals surface area contributed by atoms with Crippen LogP contribution in [-0.2, 0) is 5.41 Å². The van der Waals surface area contributed by atoms with Crippen LogP contribution in [0.25, 0.3) is 77.2 Å². The fraction of sp³-hybridized carbons (Fsp3) is 0.0870. The number of benzene rings is 7. The van der Waals surface area contributed by atoms with Crippen LogP contribution < -0.4 is 0 Å². The predicted octanol–water partition coefficient (Wildman–Crippen LogP) is 12.5. The number of hydrogen-bond donors (Lipinski definition) is 0. The van der Waals surface area contributed by atoms with Gasteiger partial charge in [0, 0.05) is 32.8 Å². The molecule has 2 heterocycles. The topological polar surface area (TPSA) is 9.86 Å². The van der Waals surface area contributed by atoms with E-state index in [0.29, 0.717) is 0 Å². The van der Waals surface area contributed by atoms with Gasteiger partial charge in [-0.3, -0.25) is 0 Å². The molecule has 0 amide bonds. The summed E-state index contributed by atoms with van der Waals surface area (Å²) < 4.78 is 5.02. The van der Waals surface area contributed by atoms with Gasteiger partial charge in [0.1, 0.15) is 0 Å². The van der Waals surface area contributed by atoms with Crippen molar-refractivity contribution in [2.24, 2.45) is 0 Å². The molecule has 2 nitrogen and oxygen atoms in total. The van der Waals surface area contributed by atoms with Crippen LogP contribution in [0.5, 0.6) is 0 Å². The fourth-order valence-electron chi connectivity index (χ4n) is 7.76. The Bertz CT molecular complexity index is 2520.